The normalized spacial score (nSPS) is 13.5. The fourth-order valence-electron chi connectivity index (χ4n) is 3.66. The number of thioether (sulfide) groups is 1. The lowest BCUT2D eigenvalue weighted by molar-refractivity contribution is -0.113. The van der Waals surface area contributed by atoms with Gasteiger partial charge in [-0.1, -0.05) is 23.9 Å². The molecule has 146 valence electrons. The summed E-state index contributed by atoms with van der Waals surface area (Å²) in [4.78, 5) is 32.4. The van der Waals surface area contributed by atoms with Gasteiger partial charge in [0.05, 0.1) is 11.1 Å². The standard InChI is InChI=1S/C21H23N3O2S2/c1-3-24-20(26)18-15-9-4-5-10-16(15)28-19(18)23-21(24)27-12-17(25)22-14-8-6-7-13(2)11-14/h6-8,11H,3-5,9-10,12H2,1-2H3,(H,22,25). The number of rotatable bonds is 5. The van der Waals surface area contributed by atoms with E-state index in [1.54, 1.807) is 15.9 Å². The Morgan fingerprint density at radius 2 is 2.14 bits per heavy atom. The van der Waals surface area contributed by atoms with Crippen molar-refractivity contribution in [3.05, 3.63) is 50.6 Å². The third-order valence-electron chi connectivity index (χ3n) is 4.99. The first-order valence-electron chi connectivity index (χ1n) is 9.61. The maximum atomic E-state index is 13.1. The summed E-state index contributed by atoms with van der Waals surface area (Å²) in [5, 5.41) is 4.33. The highest BCUT2D eigenvalue weighted by Gasteiger charge is 2.22. The number of hydrogen-bond acceptors (Lipinski definition) is 5. The van der Waals surface area contributed by atoms with Crippen LogP contribution in [0.4, 0.5) is 5.69 Å². The van der Waals surface area contributed by atoms with Gasteiger partial charge in [-0.15, -0.1) is 11.3 Å². The van der Waals surface area contributed by atoms with E-state index >= 15 is 0 Å². The Balaban J connectivity index is 1.58. The molecule has 1 amide bonds. The number of aryl methyl sites for hydroxylation is 3. The lowest BCUT2D eigenvalue weighted by atomic mass is 9.97. The Kier molecular flexibility index (Phi) is 5.55. The number of carbonyl (C=O) groups is 1. The first-order valence-corrected chi connectivity index (χ1v) is 11.4. The molecule has 2 heterocycles. The number of hydrogen-bond donors (Lipinski definition) is 1. The number of anilines is 1. The Morgan fingerprint density at radius 1 is 1.32 bits per heavy atom. The van der Waals surface area contributed by atoms with Crippen molar-refractivity contribution in [2.75, 3.05) is 11.1 Å². The van der Waals surface area contributed by atoms with Gasteiger partial charge in [0.25, 0.3) is 5.56 Å². The zero-order valence-corrected chi connectivity index (χ0v) is 17.7. The highest BCUT2D eigenvalue weighted by Crippen LogP contribution is 2.34. The van der Waals surface area contributed by atoms with Gasteiger partial charge < -0.3 is 5.32 Å². The number of benzene rings is 1. The second-order valence-electron chi connectivity index (χ2n) is 7.04. The molecule has 5 nitrogen and oxygen atoms in total. The van der Waals surface area contributed by atoms with Crippen molar-refractivity contribution in [3.8, 4) is 0 Å². The number of nitrogens with zero attached hydrogens (tertiary/aromatic N) is 2. The van der Waals surface area contributed by atoms with Crippen LogP contribution in [-0.4, -0.2) is 21.2 Å². The molecular formula is C21H23N3O2S2. The number of carbonyl (C=O) groups excluding carboxylic acids is 1. The highest BCUT2D eigenvalue weighted by molar-refractivity contribution is 7.99. The summed E-state index contributed by atoms with van der Waals surface area (Å²) in [7, 11) is 0. The largest absolute Gasteiger partial charge is 0.325 e. The van der Waals surface area contributed by atoms with Crippen LogP contribution in [0.25, 0.3) is 10.2 Å². The zero-order chi connectivity index (χ0) is 19.7. The SMILES string of the molecule is CCn1c(SCC(=O)Nc2cccc(C)c2)nc2sc3c(c2c1=O)CCCC3. The molecule has 0 radical (unpaired) electrons. The predicted molar refractivity (Wildman–Crippen MR) is 117 cm³/mol. The molecule has 1 aliphatic rings. The van der Waals surface area contributed by atoms with Gasteiger partial charge in [-0.3, -0.25) is 14.2 Å². The number of nitrogens with one attached hydrogen (secondary N) is 1. The van der Waals surface area contributed by atoms with Crippen LogP contribution >= 0.6 is 23.1 Å². The average molecular weight is 414 g/mol. The molecule has 0 fully saturated rings. The van der Waals surface area contributed by atoms with Crippen LogP contribution in [0.3, 0.4) is 0 Å². The van der Waals surface area contributed by atoms with Gasteiger partial charge in [-0.05, 0) is 62.8 Å². The molecule has 0 aliphatic heterocycles. The van der Waals surface area contributed by atoms with E-state index in [9.17, 15) is 9.59 Å². The van der Waals surface area contributed by atoms with Gasteiger partial charge in [-0.2, -0.15) is 0 Å². The highest BCUT2D eigenvalue weighted by atomic mass is 32.2. The van der Waals surface area contributed by atoms with Gasteiger partial charge in [0.1, 0.15) is 4.83 Å². The van der Waals surface area contributed by atoms with Crippen LogP contribution < -0.4 is 10.9 Å². The van der Waals surface area contributed by atoms with Crippen molar-refractivity contribution >= 4 is 44.9 Å². The molecule has 1 aliphatic carbocycles. The van der Waals surface area contributed by atoms with Gasteiger partial charge in [-0.25, -0.2) is 4.98 Å². The summed E-state index contributed by atoms with van der Waals surface area (Å²) < 4.78 is 1.70. The Morgan fingerprint density at radius 3 is 2.93 bits per heavy atom. The second-order valence-corrected chi connectivity index (χ2v) is 9.07. The van der Waals surface area contributed by atoms with Crippen LogP contribution in [0.15, 0.2) is 34.2 Å². The molecule has 3 aromatic rings. The molecule has 0 spiro atoms. The lowest BCUT2D eigenvalue weighted by Gasteiger charge is -2.12. The summed E-state index contributed by atoms with van der Waals surface area (Å²) in [6.45, 7) is 4.49. The fourth-order valence-corrected chi connectivity index (χ4v) is 5.82. The van der Waals surface area contributed by atoms with Gasteiger partial charge in [0.15, 0.2) is 5.16 Å². The van der Waals surface area contributed by atoms with Crippen molar-refractivity contribution < 1.29 is 4.79 Å². The lowest BCUT2D eigenvalue weighted by Crippen LogP contribution is -2.24. The van der Waals surface area contributed by atoms with E-state index in [0.29, 0.717) is 11.7 Å². The molecule has 0 unspecified atom stereocenters. The van der Waals surface area contributed by atoms with E-state index in [1.807, 2.05) is 38.1 Å². The van der Waals surface area contributed by atoms with Crippen LogP contribution in [-0.2, 0) is 24.2 Å². The summed E-state index contributed by atoms with van der Waals surface area (Å²) in [6, 6.07) is 7.72. The second kappa shape index (κ2) is 8.09. The quantitative estimate of drug-likeness (QED) is 0.497. The van der Waals surface area contributed by atoms with E-state index in [1.165, 1.54) is 28.6 Å². The van der Waals surface area contributed by atoms with E-state index < -0.39 is 0 Å². The smallest absolute Gasteiger partial charge is 0.263 e. The molecule has 1 N–H and O–H groups in total. The number of fused-ring (bicyclic) bond motifs is 3. The summed E-state index contributed by atoms with van der Waals surface area (Å²) in [6.07, 6.45) is 4.34. The molecule has 7 heteroatoms. The minimum absolute atomic E-state index is 0.0356. The van der Waals surface area contributed by atoms with E-state index in [4.69, 9.17) is 4.98 Å². The third kappa shape index (κ3) is 3.73. The molecule has 1 aromatic carbocycles. The maximum Gasteiger partial charge on any atom is 0.263 e. The molecule has 4 rings (SSSR count). The molecule has 0 atom stereocenters. The third-order valence-corrected chi connectivity index (χ3v) is 7.15. The topological polar surface area (TPSA) is 64.0 Å². The van der Waals surface area contributed by atoms with E-state index in [-0.39, 0.29) is 17.2 Å². The van der Waals surface area contributed by atoms with Crippen molar-refractivity contribution in [1.29, 1.82) is 0 Å². The van der Waals surface area contributed by atoms with Crippen molar-refractivity contribution in [2.24, 2.45) is 0 Å². The van der Waals surface area contributed by atoms with Gasteiger partial charge in [0.2, 0.25) is 5.91 Å². The number of aromatic nitrogens is 2. The van der Waals surface area contributed by atoms with E-state index in [2.05, 4.69) is 5.32 Å². The first-order chi connectivity index (χ1) is 13.6. The number of thiophene rings is 1. The Labute approximate surface area is 172 Å². The van der Waals surface area contributed by atoms with Crippen LogP contribution in [0.2, 0.25) is 0 Å². The van der Waals surface area contributed by atoms with Gasteiger partial charge in [0, 0.05) is 17.1 Å². The van der Waals surface area contributed by atoms with Crippen molar-refractivity contribution in [2.45, 2.75) is 51.2 Å². The average Bonchev–Trinajstić information content (AvgIpc) is 3.05. The fraction of sp³-hybridized carbons (Fsp3) is 0.381. The summed E-state index contributed by atoms with van der Waals surface area (Å²) in [5.74, 6) is 0.120. The maximum absolute atomic E-state index is 13.1. The Hall–Kier alpha value is -2.12. The molecule has 2 aromatic heterocycles. The van der Waals surface area contributed by atoms with Crippen LogP contribution in [0.1, 0.15) is 35.8 Å². The molecular weight excluding hydrogens is 390 g/mol. The van der Waals surface area contributed by atoms with Crippen LogP contribution in [0.5, 0.6) is 0 Å². The van der Waals surface area contributed by atoms with Crippen molar-refractivity contribution in [1.82, 2.24) is 9.55 Å². The monoisotopic (exact) mass is 413 g/mol. The predicted octanol–water partition coefficient (Wildman–Crippen LogP) is 4.40. The molecule has 28 heavy (non-hydrogen) atoms. The molecule has 0 saturated heterocycles. The van der Waals surface area contributed by atoms with E-state index in [0.717, 1.165) is 40.7 Å². The molecule has 0 saturated carbocycles. The summed E-state index contributed by atoms with van der Waals surface area (Å²) >= 11 is 2.97. The first kappa shape index (κ1) is 19.2. The van der Waals surface area contributed by atoms with Gasteiger partial charge >= 0.3 is 0 Å². The zero-order valence-electron chi connectivity index (χ0n) is 16.1. The minimum atomic E-state index is -0.0990. The van der Waals surface area contributed by atoms with Crippen LogP contribution in [0, 0.1) is 6.92 Å². The summed E-state index contributed by atoms with van der Waals surface area (Å²) in [5.41, 5.74) is 3.13. The minimum Gasteiger partial charge on any atom is -0.325 e. The van der Waals surface area contributed by atoms with Crippen molar-refractivity contribution in [3.63, 3.8) is 0 Å². The Bertz CT molecular complexity index is 1100. The molecule has 0 bridgehead atoms. The number of amides is 1.